The van der Waals surface area contributed by atoms with Crippen molar-refractivity contribution in [3.63, 3.8) is 0 Å². The third-order valence-electron chi connectivity index (χ3n) is 4.20. The Kier molecular flexibility index (Phi) is 2.65. The minimum absolute atomic E-state index is 0.243. The third-order valence-corrected chi connectivity index (χ3v) is 4.20. The standard InChI is InChI=1S/C15H19N2/c1-15(10-6-2-3-7-11-15)14-12-8-4-5-9-13(12)16-17-14/h4-5,8-9H,2-3,6-7,10-11H2,1H3. The summed E-state index contributed by atoms with van der Waals surface area (Å²) in [6.45, 7) is 2.37. The average molecular weight is 227 g/mol. The molecule has 1 saturated carbocycles. The molecule has 1 aromatic rings. The second kappa shape index (κ2) is 4.17. The lowest BCUT2D eigenvalue weighted by Crippen LogP contribution is -2.27. The predicted octanol–water partition coefficient (Wildman–Crippen LogP) is 4.00. The first-order chi connectivity index (χ1) is 8.30. The molecule has 2 nitrogen and oxygen atoms in total. The summed E-state index contributed by atoms with van der Waals surface area (Å²) in [6.07, 6.45) is 7.93. The van der Waals surface area contributed by atoms with Gasteiger partial charge in [-0.15, -0.1) is 0 Å². The summed E-state index contributed by atoms with van der Waals surface area (Å²) in [5, 5.41) is 4.48. The SMILES string of the molecule is CC1(C2=N[N]c3ccccc32)CCCCCC1. The summed E-state index contributed by atoms with van der Waals surface area (Å²) in [6, 6.07) is 8.36. The van der Waals surface area contributed by atoms with Crippen LogP contribution in [-0.4, -0.2) is 5.71 Å². The van der Waals surface area contributed by atoms with E-state index in [9.17, 15) is 0 Å². The van der Waals surface area contributed by atoms with Crippen molar-refractivity contribution in [2.75, 3.05) is 0 Å². The molecule has 0 spiro atoms. The first-order valence-electron chi connectivity index (χ1n) is 6.68. The van der Waals surface area contributed by atoms with Gasteiger partial charge >= 0.3 is 0 Å². The molecule has 0 bridgehead atoms. The van der Waals surface area contributed by atoms with Crippen LogP contribution in [0.1, 0.15) is 51.0 Å². The fourth-order valence-electron chi connectivity index (χ4n) is 3.11. The van der Waals surface area contributed by atoms with E-state index in [0.717, 1.165) is 5.69 Å². The lowest BCUT2D eigenvalue weighted by molar-refractivity contribution is 0.403. The minimum atomic E-state index is 0.243. The molecule has 1 aliphatic carbocycles. The van der Waals surface area contributed by atoms with Crippen LogP contribution in [0.25, 0.3) is 0 Å². The van der Waals surface area contributed by atoms with Gasteiger partial charge in [0.25, 0.3) is 0 Å². The fourth-order valence-corrected chi connectivity index (χ4v) is 3.11. The molecule has 1 radical (unpaired) electrons. The Balaban J connectivity index is 1.94. The normalized spacial score (nSPS) is 22.3. The van der Waals surface area contributed by atoms with Crippen LogP contribution in [0.2, 0.25) is 0 Å². The van der Waals surface area contributed by atoms with Crippen LogP contribution in [0.4, 0.5) is 5.69 Å². The summed E-state index contributed by atoms with van der Waals surface area (Å²) in [4.78, 5) is 0. The second-order valence-corrected chi connectivity index (χ2v) is 5.54. The zero-order valence-electron chi connectivity index (χ0n) is 10.4. The minimum Gasteiger partial charge on any atom is -0.154 e. The number of rotatable bonds is 1. The maximum absolute atomic E-state index is 4.48. The van der Waals surface area contributed by atoms with Gasteiger partial charge in [0.2, 0.25) is 0 Å². The van der Waals surface area contributed by atoms with E-state index in [1.165, 1.54) is 49.8 Å². The van der Waals surface area contributed by atoms with Crippen molar-refractivity contribution in [2.24, 2.45) is 10.5 Å². The van der Waals surface area contributed by atoms with Gasteiger partial charge in [-0.05, 0) is 18.9 Å². The van der Waals surface area contributed by atoms with Gasteiger partial charge < -0.3 is 0 Å². The van der Waals surface area contributed by atoms with Crippen molar-refractivity contribution in [3.8, 4) is 0 Å². The monoisotopic (exact) mass is 227 g/mol. The maximum atomic E-state index is 4.48. The summed E-state index contributed by atoms with van der Waals surface area (Å²) >= 11 is 0. The van der Waals surface area contributed by atoms with Crippen LogP contribution >= 0.6 is 0 Å². The van der Waals surface area contributed by atoms with Crippen molar-refractivity contribution in [2.45, 2.75) is 45.4 Å². The van der Waals surface area contributed by atoms with E-state index in [0.29, 0.717) is 0 Å². The fraction of sp³-hybridized carbons (Fsp3) is 0.533. The zero-order chi connectivity index (χ0) is 11.7. The Morgan fingerprint density at radius 2 is 1.71 bits per heavy atom. The molecule has 2 aliphatic rings. The van der Waals surface area contributed by atoms with Crippen LogP contribution in [0, 0.1) is 5.41 Å². The number of hydrogen-bond acceptors (Lipinski definition) is 1. The number of fused-ring (bicyclic) bond motifs is 1. The molecule has 0 aromatic heterocycles. The molecule has 0 atom stereocenters. The van der Waals surface area contributed by atoms with Gasteiger partial charge in [0.05, 0.1) is 11.4 Å². The summed E-state index contributed by atoms with van der Waals surface area (Å²) in [5.74, 6) is 0. The Morgan fingerprint density at radius 1 is 1.00 bits per heavy atom. The molecule has 1 heterocycles. The highest BCUT2D eigenvalue weighted by Crippen LogP contribution is 2.41. The van der Waals surface area contributed by atoms with Gasteiger partial charge in [-0.1, -0.05) is 50.8 Å². The van der Waals surface area contributed by atoms with E-state index < -0.39 is 0 Å². The highest BCUT2D eigenvalue weighted by molar-refractivity contribution is 6.09. The van der Waals surface area contributed by atoms with E-state index in [1.54, 1.807) is 0 Å². The highest BCUT2D eigenvalue weighted by atomic mass is 15.3. The van der Waals surface area contributed by atoms with Crippen LogP contribution in [0.3, 0.4) is 0 Å². The predicted molar refractivity (Wildman–Crippen MR) is 70.6 cm³/mol. The largest absolute Gasteiger partial charge is 0.154 e. The Labute approximate surface area is 103 Å². The lowest BCUT2D eigenvalue weighted by atomic mass is 9.75. The molecule has 0 unspecified atom stereocenters. The molecular weight excluding hydrogens is 208 g/mol. The van der Waals surface area contributed by atoms with Crippen LogP contribution < -0.4 is 5.43 Å². The summed E-state index contributed by atoms with van der Waals surface area (Å²) < 4.78 is 0. The number of hydrogen-bond donors (Lipinski definition) is 0. The lowest BCUT2D eigenvalue weighted by Gasteiger charge is -2.28. The molecule has 0 saturated heterocycles. The molecular formula is C15H19N2. The molecule has 17 heavy (non-hydrogen) atoms. The topological polar surface area (TPSA) is 26.5 Å². The van der Waals surface area contributed by atoms with Crippen molar-refractivity contribution in [1.82, 2.24) is 5.43 Å². The molecule has 89 valence electrons. The van der Waals surface area contributed by atoms with Crippen LogP contribution in [-0.2, 0) is 0 Å². The van der Waals surface area contributed by atoms with Gasteiger partial charge in [0, 0.05) is 11.0 Å². The molecule has 2 heteroatoms. The Morgan fingerprint density at radius 3 is 2.47 bits per heavy atom. The van der Waals surface area contributed by atoms with Gasteiger partial charge in [0.1, 0.15) is 0 Å². The highest BCUT2D eigenvalue weighted by Gasteiger charge is 2.35. The van der Waals surface area contributed by atoms with Gasteiger partial charge in [0.15, 0.2) is 0 Å². The Bertz CT molecular complexity index is 440. The van der Waals surface area contributed by atoms with E-state index in [4.69, 9.17) is 0 Å². The smallest absolute Gasteiger partial charge is 0.0948 e. The maximum Gasteiger partial charge on any atom is 0.0948 e. The molecule has 1 aliphatic heterocycles. The first kappa shape index (κ1) is 10.8. The van der Waals surface area contributed by atoms with Crippen molar-refractivity contribution < 1.29 is 0 Å². The first-order valence-corrected chi connectivity index (χ1v) is 6.68. The zero-order valence-corrected chi connectivity index (χ0v) is 10.4. The van der Waals surface area contributed by atoms with Gasteiger partial charge in [-0.3, -0.25) is 0 Å². The average Bonchev–Trinajstić information content (AvgIpc) is 2.67. The number of benzene rings is 1. The number of nitrogens with zero attached hydrogens (tertiary/aromatic N) is 2. The Hall–Kier alpha value is -1.31. The molecule has 1 fully saturated rings. The van der Waals surface area contributed by atoms with E-state index >= 15 is 0 Å². The van der Waals surface area contributed by atoms with Crippen LogP contribution in [0.15, 0.2) is 29.4 Å². The molecule has 0 N–H and O–H groups in total. The van der Waals surface area contributed by atoms with E-state index in [1.807, 2.05) is 6.07 Å². The van der Waals surface area contributed by atoms with Crippen LogP contribution in [0.5, 0.6) is 0 Å². The molecule has 3 rings (SSSR count). The van der Waals surface area contributed by atoms with Crippen molar-refractivity contribution in [1.29, 1.82) is 0 Å². The van der Waals surface area contributed by atoms with E-state index in [-0.39, 0.29) is 5.41 Å². The second-order valence-electron chi connectivity index (χ2n) is 5.54. The molecule has 0 amide bonds. The van der Waals surface area contributed by atoms with Gasteiger partial charge in [-0.25, -0.2) is 0 Å². The van der Waals surface area contributed by atoms with Crippen molar-refractivity contribution >= 4 is 11.4 Å². The summed E-state index contributed by atoms with van der Waals surface area (Å²) in [5.41, 5.74) is 8.10. The van der Waals surface area contributed by atoms with Crippen molar-refractivity contribution in [3.05, 3.63) is 29.8 Å². The quantitative estimate of drug-likeness (QED) is 0.648. The molecule has 1 aromatic carbocycles. The van der Waals surface area contributed by atoms with Gasteiger partial charge in [-0.2, -0.15) is 10.5 Å². The van der Waals surface area contributed by atoms with E-state index in [2.05, 4.69) is 35.7 Å². The third kappa shape index (κ3) is 1.86. The summed E-state index contributed by atoms with van der Waals surface area (Å²) in [7, 11) is 0.